The lowest BCUT2D eigenvalue weighted by molar-refractivity contribution is -0.222. The first-order valence-electron chi connectivity index (χ1n) is 8.09. The van der Waals surface area contributed by atoms with Crippen LogP contribution in [0.4, 0.5) is 8.78 Å². The van der Waals surface area contributed by atoms with Gasteiger partial charge in [0.15, 0.2) is 11.6 Å². The number of hydrogen-bond acceptors (Lipinski definition) is 5. The molecular formula is C20H16F2O5. The first-order valence-corrected chi connectivity index (χ1v) is 8.09. The number of rotatable bonds is 4. The van der Waals surface area contributed by atoms with E-state index in [0.29, 0.717) is 16.9 Å². The fraction of sp³-hybridized carbons (Fsp3) is 0.200. The largest absolute Gasteiger partial charge is 0.489 e. The Hall–Kier alpha value is -3.22. The lowest BCUT2D eigenvalue weighted by atomic mass is 10.1. The van der Waals surface area contributed by atoms with Crippen molar-refractivity contribution in [2.45, 2.75) is 26.2 Å². The van der Waals surface area contributed by atoms with Gasteiger partial charge in [-0.2, -0.15) is 0 Å². The van der Waals surface area contributed by atoms with Crippen molar-refractivity contribution in [3.8, 4) is 5.75 Å². The molecule has 0 saturated carbocycles. The van der Waals surface area contributed by atoms with Gasteiger partial charge in [0.25, 0.3) is 5.79 Å². The Morgan fingerprint density at radius 1 is 1.00 bits per heavy atom. The van der Waals surface area contributed by atoms with E-state index < -0.39 is 29.4 Å². The summed E-state index contributed by atoms with van der Waals surface area (Å²) in [6, 6.07) is 10.1. The number of esters is 2. The molecule has 2 aromatic carbocycles. The fourth-order valence-electron chi connectivity index (χ4n) is 2.44. The Morgan fingerprint density at radius 2 is 1.70 bits per heavy atom. The number of cyclic esters (lactones) is 2. The van der Waals surface area contributed by atoms with Gasteiger partial charge < -0.3 is 14.2 Å². The van der Waals surface area contributed by atoms with Crippen molar-refractivity contribution >= 4 is 18.0 Å². The van der Waals surface area contributed by atoms with Crippen molar-refractivity contribution in [1.82, 2.24) is 0 Å². The van der Waals surface area contributed by atoms with E-state index in [-0.39, 0.29) is 12.2 Å². The molecule has 7 heteroatoms. The van der Waals surface area contributed by atoms with Crippen LogP contribution in [0.3, 0.4) is 0 Å². The molecule has 3 rings (SSSR count). The van der Waals surface area contributed by atoms with Crippen LogP contribution in [0.5, 0.6) is 5.75 Å². The summed E-state index contributed by atoms with van der Waals surface area (Å²) in [4.78, 5) is 24.0. The zero-order valence-electron chi connectivity index (χ0n) is 14.6. The van der Waals surface area contributed by atoms with Gasteiger partial charge in [0.2, 0.25) is 0 Å². The zero-order valence-corrected chi connectivity index (χ0v) is 14.6. The van der Waals surface area contributed by atoms with E-state index in [4.69, 9.17) is 14.2 Å². The van der Waals surface area contributed by atoms with Crippen molar-refractivity contribution in [2.75, 3.05) is 0 Å². The fourth-order valence-corrected chi connectivity index (χ4v) is 2.44. The van der Waals surface area contributed by atoms with Crippen molar-refractivity contribution in [1.29, 1.82) is 0 Å². The summed E-state index contributed by atoms with van der Waals surface area (Å²) in [5.41, 5.74) is 0.743. The van der Waals surface area contributed by atoms with Crippen LogP contribution < -0.4 is 4.74 Å². The third kappa shape index (κ3) is 4.49. The first kappa shape index (κ1) is 18.6. The van der Waals surface area contributed by atoms with Gasteiger partial charge in [-0.25, -0.2) is 18.4 Å². The van der Waals surface area contributed by atoms with E-state index in [2.05, 4.69) is 0 Å². The molecule has 1 aliphatic rings. The van der Waals surface area contributed by atoms with Crippen molar-refractivity contribution in [3.63, 3.8) is 0 Å². The van der Waals surface area contributed by atoms with Crippen molar-refractivity contribution < 1.29 is 32.6 Å². The molecule has 0 aromatic heterocycles. The molecule has 0 unspecified atom stereocenters. The monoisotopic (exact) mass is 374 g/mol. The molecule has 0 atom stereocenters. The number of carbonyl (C=O) groups excluding carboxylic acids is 2. The minimum Gasteiger partial charge on any atom is -0.489 e. The third-order valence-corrected chi connectivity index (χ3v) is 3.68. The van der Waals surface area contributed by atoms with Crippen LogP contribution in [-0.4, -0.2) is 17.7 Å². The van der Waals surface area contributed by atoms with E-state index in [0.717, 1.165) is 12.1 Å². The number of hydrogen-bond donors (Lipinski definition) is 0. The highest BCUT2D eigenvalue weighted by Crippen LogP contribution is 2.25. The highest BCUT2D eigenvalue weighted by Gasteiger charge is 2.38. The van der Waals surface area contributed by atoms with Gasteiger partial charge in [0.05, 0.1) is 0 Å². The summed E-state index contributed by atoms with van der Waals surface area (Å²) < 4.78 is 41.8. The topological polar surface area (TPSA) is 61.8 Å². The summed E-state index contributed by atoms with van der Waals surface area (Å²) in [7, 11) is 0. The standard InChI is InChI=1S/C20H16F2O5/c1-20(2)26-18(23)15(19(24)27-20)9-12-4-3-5-14(8-12)25-11-13-6-7-16(21)17(22)10-13/h3-10H,11H2,1-2H3. The molecule has 5 nitrogen and oxygen atoms in total. The average molecular weight is 374 g/mol. The Balaban J connectivity index is 1.74. The van der Waals surface area contributed by atoms with E-state index in [1.807, 2.05) is 0 Å². The second-order valence-corrected chi connectivity index (χ2v) is 6.35. The Bertz CT molecular complexity index is 912. The lowest BCUT2D eigenvalue weighted by Crippen LogP contribution is -2.41. The molecule has 140 valence electrons. The zero-order chi connectivity index (χ0) is 19.6. The molecule has 0 spiro atoms. The summed E-state index contributed by atoms with van der Waals surface area (Å²) >= 11 is 0. The van der Waals surface area contributed by atoms with Crippen LogP contribution in [-0.2, 0) is 25.7 Å². The Morgan fingerprint density at radius 3 is 2.37 bits per heavy atom. The smallest absolute Gasteiger partial charge is 0.348 e. The molecule has 1 heterocycles. The van der Waals surface area contributed by atoms with Crippen LogP contribution in [0, 0.1) is 11.6 Å². The van der Waals surface area contributed by atoms with Crippen molar-refractivity contribution in [3.05, 3.63) is 70.8 Å². The molecule has 0 aliphatic carbocycles. The van der Waals surface area contributed by atoms with Gasteiger partial charge in [-0.3, -0.25) is 0 Å². The third-order valence-electron chi connectivity index (χ3n) is 3.68. The van der Waals surface area contributed by atoms with Gasteiger partial charge in [-0.05, 0) is 41.5 Å². The molecule has 27 heavy (non-hydrogen) atoms. The van der Waals surface area contributed by atoms with Gasteiger partial charge in [0.1, 0.15) is 17.9 Å². The molecular weight excluding hydrogens is 358 g/mol. The molecule has 1 saturated heterocycles. The first-order chi connectivity index (χ1) is 12.7. The minimum absolute atomic E-state index is 0.0233. The number of halogens is 2. The van der Waals surface area contributed by atoms with Crippen LogP contribution in [0.1, 0.15) is 25.0 Å². The maximum atomic E-state index is 13.2. The van der Waals surface area contributed by atoms with E-state index >= 15 is 0 Å². The summed E-state index contributed by atoms with van der Waals surface area (Å²) in [6.07, 6.45) is 1.34. The quantitative estimate of drug-likeness (QED) is 0.463. The molecule has 1 aliphatic heterocycles. The second-order valence-electron chi connectivity index (χ2n) is 6.35. The van der Waals surface area contributed by atoms with E-state index in [1.165, 1.54) is 26.0 Å². The molecule has 0 N–H and O–H groups in total. The number of carbonyl (C=O) groups is 2. The predicted octanol–water partition coefficient (Wildman–Crippen LogP) is 3.76. The van der Waals surface area contributed by atoms with Gasteiger partial charge in [-0.15, -0.1) is 0 Å². The van der Waals surface area contributed by atoms with Gasteiger partial charge in [-0.1, -0.05) is 18.2 Å². The van der Waals surface area contributed by atoms with E-state index in [1.54, 1.807) is 24.3 Å². The molecule has 0 amide bonds. The number of benzene rings is 2. The summed E-state index contributed by atoms with van der Waals surface area (Å²) in [5, 5.41) is 0. The van der Waals surface area contributed by atoms with Gasteiger partial charge in [0, 0.05) is 13.8 Å². The number of ether oxygens (including phenoxy) is 3. The second kappa shape index (κ2) is 7.19. The van der Waals surface area contributed by atoms with Crippen LogP contribution in [0.15, 0.2) is 48.0 Å². The average Bonchev–Trinajstić information content (AvgIpc) is 2.59. The highest BCUT2D eigenvalue weighted by molar-refractivity contribution is 6.18. The molecule has 2 aromatic rings. The van der Waals surface area contributed by atoms with Gasteiger partial charge >= 0.3 is 11.9 Å². The SMILES string of the molecule is CC1(C)OC(=O)C(=Cc2cccc(OCc3ccc(F)c(F)c3)c2)C(=O)O1. The summed E-state index contributed by atoms with van der Waals surface area (Å²) in [5.74, 6) is -4.31. The predicted molar refractivity (Wildman–Crippen MR) is 91.4 cm³/mol. The normalized spacial score (nSPS) is 15.8. The highest BCUT2D eigenvalue weighted by atomic mass is 19.2. The van der Waals surface area contributed by atoms with Crippen LogP contribution >= 0.6 is 0 Å². The Labute approximate surface area is 154 Å². The maximum Gasteiger partial charge on any atom is 0.348 e. The lowest BCUT2D eigenvalue weighted by Gasteiger charge is -2.29. The van der Waals surface area contributed by atoms with E-state index in [9.17, 15) is 18.4 Å². The summed E-state index contributed by atoms with van der Waals surface area (Å²) in [6.45, 7) is 2.95. The molecule has 0 bridgehead atoms. The van der Waals surface area contributed by atoms with Crippen molar-refractivity contribution in [2.24, 2.45) is 0 Å². The molecule has 1 fully saturated rings. The molecule has 0 radical (unpaired) electrons. The van der Waals surface area contributed by atoms with Crippen LogP contribution in [0.25, 0.3) is 6.08 Å². The minimum atomic E-state index is -1.30. The maximum absolute atomic E-state index is 13.2. The van der Waals surface area contributed by atoms with Crippen LogP contribution in [0.2, 0.25) is 0 Å². The Kier molecular flexibility index (Phi) is 4.94.